The lowest BCUT2D eigenvalue weighted by Crippen LogP contribution is -2.13. The molecule has 0 unspecified atom stereocenters. The van der Waals surface area contributed by atoms with Crippen molar-refractivity contribution in [3.05, 3.63) is 114 Å². The van der Waals surface area contributed by atoms with Gasteiger partial charge in [0.05, 0.1) is 5.52 Å². The van der Waals surface area contributed by atoms with Crippen LogP contribution in [-0.4, -0.2) is 22.0 Å². The van der Waals surface area contributed by atoms with Crippen molar-refractivity contribution in [2.24, 2.45) is 0 Å². The summed E-state index contributed by atoms with van der Waals surface area (Å²) in [5, 5.41) is 13.4. The Balaban J connectivity index is 1.29. The molecule has 7 nitrogen and oxygen atoms in total. The number of amides is 2. The van der Waals surface area contributed by atoms with Gasteiger partial charge in [0.1, 0.15) is 11.5 Å². The van der Waals surface area contributed by atoms with Gasteiger partial charge in [0.25, 0.3) is 11.8 Å². The lowest BCUT2D eigenvalue weighted by atomic mass is 10.1. The number of aromatic nitrogens is 2. The largest absolute Gasteiger partial charge is 0.457 e. The molecule has 0 saturated heterocycles. The lowest BCUT2D eigenvalue weighted by Gasteiger charge is -2.08. The molecular weight excluding hydrogens is 428 g/mol. The van der Waals surface area contributed by atoms with E-state index in [2.05, 4.69) is 20.8 Å². The number of carbonyl (C=O) groups is 2. The molecule has 1 heterocycles. The van der Waals surface area contributed by atoms with Gasteiger partial charge in [-0.05, 0) is 66.7 Å². The second-order valence-electron chi connectivity index (χ2n) is 7.55. The molecule has 7 heteroatoms. The van der Waals surface area contributed by atoms with Crippen molar-refractivity contribution >= 4 is 34.2 Å². The van der Waals surface area contributed by atoms with E-state index in [1.54, 1.807) is 66.7 Å². The Morgan fingerprint density at radius 3 is 2.06 bits per heavy atom. The van der Waals surface area contributed by atoms with Crippen LogP contribution in [0, 0.1) is 0 Å². The summed E-state index contributed by atoms with van der Waals surface area (Å²) in [4.78, 5) is 25.4. The minimum atomic E-state index is -0.278. The molecule has 5 rings (SSSR count). The quantitative estimate of drug-likeness (QED) is 0.303. The molecule has 0 aliphatic carbocycles. The summed E-state index contributed by atoms with van der Waals surface area (Å²) < 4.78 is 5.78. The van der Waals surface area contributed by atoms with E-state index < -0.39 is 0 Å². The van der Waals surface area contributed by atoms with Crippen LogP contribution < -0.4 is 15.4 Å². The van der Waals surface area contributed by atoms with E-state index >= 15 is 0 Å². The zero-order chi connectivity index (χ0) is 23.3. The number of nitrogens with zero attached hydrogens (tertiary/aromatic N) is 1. The molecule has 2 amide bonds. The third-order valence-electron chi connectivity index (χ3n) is 5.18. The second-order valence-corrected chi connectivity index (χ2v) is 7.55. The zero-order valence-electron chi connectivity index (χ0n) is 18.0. The molecule has 0 atom stereocenters. The van der Waals surface area contributed by atoms with Crippen LogP contribution in [0.5, 0.6) is 11.5 Å². The number of fused-ring (bicyclic) bond motifs is 1. The topological polar surface area (TPSA) is 96.1 Å². The van der Waals surface area contributed by atoms with Gasteiger partial charge < -0.3 is 15.4 Å². The Morgan fingerprint density at radius 1 is 0.676 bits per heavy atom. The molecule has 0 bridgehead atoms. The molecule has 0 aliphatic rings. The van der Waals surface area contributed by atoms with E-state index in [0.29, 0.717) is 39.3 Å². The molecule has 0 aliphatic heterocycles. The van der Waals surface area contributed by atoms with Gasteiger partial charge in [-0.3, -0.25) is 14.7 Å². The van der Waals surface area contributed by atoms with Gasteiger partial charge in [0, 0.05) is 22.2 Å². The Morgan fingerprint density at radius 2 is 1.32 bits per heavy atom. The average molecular weight is 448 g/mol. The van der Waals surface area contributed by atoms with Crippen LogP contribution in [0.25, 0.3) is 10.9 Å². The fraction of sp³-hybridized carbons (Fsp3) is 0. The summed E-state index contributed by atoms with van der Waals surface area (Å²) in [6.07, 6.45) is 0. The first-order valence-corrected chi connectivity index (χ1v) is 10.6. The summed E-state index contributed by atoms with van der Waals surface area (Å²) in [5.41, 5.74) is 2.30. The van der Waals surface area contributed by atoms with Crippen LogP contribution >= 0.6 is 0 Å². The van der Waals surface area contributed by atoms with Gasteiger partial charge in [-0.25, -0.2) is 0 Å². The molecule has 0 radical (unpaired) electrons. The van der Waals surface area contributed by atoms with Gasteiger partial charge in [-0.1, -0.05) is 36.4 Å². The first-order chi connectivity index (χ1) is 16.7. The number of hydrogen-bond acceptors (Lipinski definition) is 4. The number of H-pyrrole nitrogens is 1. The first kappa shape index (κ1) is 21.0. The highest BCUT2D eigenvalue weighted by molar-refractivity contribution is 6.10. The van der Waals surface area contributed by atoms with Gasteiger partial charge in [-0.2, -0.15) is 5.10 Å². The minimum absolute atomic E-state index is 0.276. The number of anilines is 2. The summed E-state index contributed by atoms with van der Waals surface area (Å²) in [6.45, 7) is 0. The van der Waals surface area contributed by atoms with Gasteiger partial charge >= 0.3 is 0 Å². The molecule has 34 heavy (non-hydrogen) atoms. The van der Waals surface area contributed by atoms with Gasteiger partial charge in [0.2, 0.25) is 0 Å². The van der Waals surface area contributed by atoms with Gasteiger partial charge in [-0.15, -0.1) is 0 Å². The highest BCUT2D eigenvalue weighted by atomic mass is 16.5. The van der Waals surface area contributed by atoms with Crippen LogP contribution in [0.1, 0.15) is 20.7 Å². The normalized spacial score (nSPS) is 10.6. The SMILES string of the molecule is O=C(Nc1ccc(Oc2ccccc2)cc1)c1ccc2[nH]nc(NC(=O)c3ccccc3)c2c1. The van der Waals surface area contributed by atoms with Crippen molar-refractivity contribution in [2.45, 2.75) is 0 Å². The van der Waals surface area contributed by atoms with E-state index in [1.165, 1.54) is 0 Å². The molecule has 3 N–H and O–H groups in total. The number of hydrogen-bond donors (Lipinski definition) is 3. The average Bonchev–Trinajstić information content (AvgIpc) is 3.28. The molecular formula is C27H20N4O3. The number of benzene rings is 4. The molecule has 4 aromatic carbocycles. The van der Waals surface area contributed by atoms with Crippen molar-refractivity contribution in [2.75, 3.05) is 10.6 Å². The third-order valence-corrected chi connectivity index (χ3v) is 5.18. The number of nitrogens with one attached hydrogen (secondary N) is 3. The summed E-state index contributed by atoms with van der Waals surface area (Å²) in [5.74, 6) is 1.22. The highest BCUT2D eigenvalue weighted by Gasteiger charge is 2.14. The minimum Gasteiger partial charge on any atom is -0.457 e. The molecule has 0 saturated carbocycles. The number of carbonyl (C=O) groups excluding carboxylic acids is 2. The monoisotopic (exact) mass is 448 g/mol. The van der Waals surface area contributed by atoms with Crippen molar-refractivity contribution in [1.82, 2.24) is 10.2 Å². The van der Waals surface area contributed by atoms with Crippen LogP contribution in [0.3, 0.4) is 0 Å². The maximum Gasteiger partial charge on any atom is 0.256 e. The smallest absolute Gasteiger partial charge is 0.256 e. The van der Waals surface area contributed by atoms with E-state index in [1.807, 2.05) is 36.4 Å². The predicted molar refractivity (Wildman–Crippen MR) is 131 cm³/mol. The Labute approximate surface area is 195 Å². The summed E-state index contributed by atoms with van der Waals surface area (Å²) >= 11 is 0. The molecule has 0 spiro atoms. The Bertz CT molecular complexity index is 1450. The van der Waals surface area contributed by atoms with E-state index in [9.17, 15) is 9.59 Å². The summed E-state index contributed by atoms with van der Waals surface area (Å²) in [6, 6.07) is 30.6. The lowest BCUT2D eigenvalue weighted by molar-refractivity contribution is 0.101. The number of ether oxygens (including phenoxy) is 1. The first-order valence-electron chi connectivity index (χ1n) is 10.6. The van der Waals surface area contributed by atoms with Crippen LogP contribution in [0.15, 0.2) is 103 Å². The van der Waals surface area contributed by atoms with Crippen molar-refractivity contribution in [1.29, 1.82) is 0 Å². The van der Waals surface area contributed by atoms with E-state index in [4.69, 9.17) is 4.74 Å². The van der Waals surface area contributed by atoms with Crippen LogP contribution in [0.4, 0.5) is 11.5 Å². The molecule has 5 aromatic rings. The fourth-order valence-corrected chi connectivity index (χ4v) is 3.45. The molecule has 1 aromatic heterocycles. The summed E-state index contributed by atoms with van der Waals surface area (Å²) in [7, 11) is 0. The highest BCUT2D eigenvalue weighted by Crippen LogP contribution is 2.25. The Kier molecular flexibility index (Phi) is 5.73. The standard InChI is InChI=1S/C27H20N4O3/c32-26(18-7-3-1-4-8-18)29-25-23-17-19(11-16-24(23)30-31-25)27(33)28-20-12-14-22(15-13-20)34-21-9-5-2-6-10-21/h1-17H,(H,28,33)(H2,29,30,31,32). The number of aromatic amines is 1. The van der Waals surface area contributed by atoms with E-state index in [-0.39, 0.29) is 11.8 Å². The van der Waals surface area contributed by atoms with Crippen molar-refractivity contribution in [3.63, 3.8) is 0 Å². The second kappa shape index (κ2) is 9.30. The maximum atomic E-state index is 12.9. The third kappa shape index (κ3) is 4.63. The van der Waals surface area contributed by atoms with Crippen molar-refractivity contribution in [3.8, 4) is 11.5 Å². The molecule has 166 valence electrons. The van der Waals surface area contributed by atoms with Gasteiger partial charge in [0.15, 0.2) is 5.82 Å². The maximum absolute atomic E-state index is 12.9. The zero-order valence-corrected chi connectivity index (χ0v) is 18.0. The van der Waals surface area contributed by atoms with E-state index in [0.717, 1.165) is 5.75 Å². The van der Waals surface area contributed by atoms with Crippen LogP contribution in [-0.2, 0) is 0 Å². The van der Waals surface area contributed by atoms with Crippen molar-refractivity contribution < 1.29 is 14.3 Å². The number of para-hydroxylation sites is 1. The fourth-order valence-electron chi connectivity index (χ4n) is 3.45. The van der Waals surface area contributed by atoms with Crippen LogP contribution in [0.2, 0.25) is 0 Å². The Hall–Kier alpha value is -4.91. The molecule has 0 fully saturated rings. The number of rotatable bonds is 6. The predicted octanol–water partition coefficient (Wildman–Crippen LogP) is 5.86.